The van der Waals surface area contributed by atoms with Crippen molar-refractivity contribution in [3.05, 3.63) is 97.2 Å². The summed E-state index contributed by atoms with van der Waals surface area (Å²) in [6.45, 7) is 4.21. The number of hydrogen-bond acceptors (Lipinski definition) is 3. The van der Waals surface area contributed by atoms with E-state index in [0.717, 1.165) is 16.7 Å². The molecule has 3 aromatic rings. The van der Waals surface area contributed by atoms with Crippen LogP contribution in [0.25, 0.3) is 6.08 Å². The van der Waals surface area contributed by atoms with Crippen molar-refractivity contribution in [3.8, 4) is 11.8 Å². The molecule has 0 aliphatic carbocycles. The molecule has 0 heterocycles. The minimum Gasteiger partial charge on any atom is -0.487 e. The van der Waals surface area contributed by atoms with Gasteiger partial charge in [-0.2, -0.15) is 5.26 Å². The van der Waals surface area contributed by atoms with E-state index >= 15 is 0 Å². The minimum atomic E-state index is -0.486. The molecule has 0 unspecified atom stereocenters. The molecule has 0 saturated carbocycles. The molecule has 3 aromatic carbocycles. The molecule has 1 N–H and O–H groups in total. The smallest absolute Gasteiger partial charge is 0.266 e. The van der Waals surface area contributed by atoms with Gasteiger partial charge in [0.15, 0.2) is 0 Å². The summed E-state index contributed by atoms with van der Waals surface area (Å²) < 4.78 is 20.2. The second kappa shape index (κ2) is 10.6. The summed E-state index contributed by atoms with van der Waals surface area (Å²) in [5, 5.41) is 12.3. The highest BCUT2D eigenvalue weighted by Crippen LogP contribution is 2.36. The summed E-state index contributed by atoms with van der Waals surface area (Å²) in [6.07, 6.45) is 1.51. The van der Waals surface area contributed by atoms with Crippen molar-refractivity contribution < 1.29 is 13.9 Å². The Morgan fingerprint density at radius 3 is 2.31 bits per heavy atom. The predicted molar refractivity (Wildman–Crippen MR) is 131 cm³/mol. The van der Waals surface area contributed by atoms with E-state index in [4.69, 9.17) is 4.74 Å². The number of anilines is 1. The first kappa shape index (κ1) is 23.7. The van der Waals surface area contributed by atoms with Gasteiger partial charge in [0.1, 0.15) is 29.8 Å². The fourth-order valence-electron chi connectivity index (χ4n) is 2.87. The zero-order chi connectivity index (χ0) is 23.3. The summed E-state index contributed by atoms with van der Waals surface area (Å²) >= 11 is 6.95. The van der Waals surface area contributed by atoms with Crippen molar-refractivity contribution >= 4 is 49.5 Å². The molecule has 0 aliphatic heterocycles. The van der Waals surface area contributed by atoms with E-state index in [2.05, 4.69) is 37.2 Å². The van der Waals surface area contributed by atoms with Gasteiger partial charge in [-0.25, -0.2) is 4.39 Å². The molecule has 0 aromatic heterocycles. The summed E-state index contributed by atoms with van der Waals surface area (Å²) in [5.74, 6) is -0.230. The molecule has 3 rings (SSSR count). The van der Waals surface area contributed by atoms with E-state index in [1.807, 2.05) is 32.0 Å². The number of benzene rings is 3. The van der Waals surface area contributed by atoms with Crippen LogP contribution in [0, 0.1) is 31.0 Å². The summed E-state index contributed by atoms with van der Waals surface area (Å²) in [7, 11) is 0. The number of hydrogen-bond donors (Lipinski definition) is 1. The fourth-order valence-corrected chi connectivity index (χ4v) is 4.32. The van der Waals surface area contributed by atoms with Gasteiger partial charge >= 0.3 is 0 Å². The van der Waals surface area contributed by atoms with Crippen LogP contribution in [0.4, 0.5) is 10.1 Å². The number of aryl methyl sites for hydroxylation is 2. The number of nitrogens with one attached hydrogen (secondary N) is 1. The Morgan fingerprint density at radius 1 is 1.06 bits per heavy atom. The van der Waals surface area contributed by atoms with Crippen LogP contribution in [-0.2, 0) is 11.4 Å². The fraction of sp³-hybridized carbons (Fsp3) is 0.120. The highest BCUT2D eigenvalue weighted by molar-refractivity contribution is 9.11. The second-order valence-corrected chi connectivity index (χ2v) is 8.86. The van der Waals surface area contributed by atoms with Crippen LogP contribution < -0.4 is 10.1 Å². The number of carbonyl (C=O) groups excluding carboxylic acids is 1. The highest BCUT2D eigenvalue weighted by Gasteiger charge is 2.13. The molecule has 0 radical (unpaired) electrons. The molecular weight excluding hydrogens is 539 g/mol. The van der Waals surface area contributed by atoms with Gasteiger partial charge in [0.05, 0.1) is 8.95 Å². The maximum absolute atomic E-state index is 13.1. The molecule has 0 atom stereocenters. The second-order valence-electron chi connectivity index (χ2n) is 7.15. The van der Waals surface area contributed by atoms with Crippen molar-refractivity contribution in [3.63, 3.8) is 0 Å². The number of ether oxygens (including phenoxy) is 1. The lowest BCUT2D eigenvalue weighted by molar-refractivity contribution is -0.112. The molecule has 4 nitrogen and oxygen atoms in total. The normalized spacial score (nSPS) is 11.1. The Balaban J connectivity index is 1.77. The number of rotatable bonds is 6. The first-order valence-corrected chi connectivity index (χ1v) is 11.2. The number of halogens is 3. The van der Waals surface area contributed by atoms with E-state index in [1.165, 1.54) is 18.2 Å². The molecule has 0 saturated heterocycles. The van der Waals surface area contributed by atoms with Crippen LogP contribution in [0.15, 0.2) is 69.1 Å². The van der Waals surface area contributed by atoms with E-state index in [-0.39, 0.29) is 18.0 Å². The van der Waals surface area contributed by atoms with Crippen LogP contribution in [0.3, 0.4) is 0 Å². The third-order valence-corrected chi connectivity index (χ3v) is 5.94. The first-order chi connectivity index (χ1) is 15.3. The molecule has 0 aliphatic rings. The summed E-state index contributed by atoms with van der Waals surface area (Å²) in [6, 6.07) is 17.1. The third kappa shape index (κ3) is 6.06. The molecule has 32 heavy (non-hydrogen) atoms. The standard InChI is InChI=1S/C25H19Br2FN2O2/c1-15-3-8-21(9-16(15)2)30-25(31)19(13-29)10-18-11-22(26)24(23(27)12-18)32-14-17-4-6-20(28)7-5-17/h3-12H,14H2,1-2H3,(H,30,31)/b19-10+. The van der Waals surface area contributed by atoms with E-state index in [1.54, 1.807) is 30.3 Å². The monoisotopic (exact) mass is 556 g/mol. The van der Waals surface area contributed by atoms with Crippen LogP contribution in [0.2, 0.25) is 0 Å². The van der Waals surface area contributed by atoms with Crippen LogP contribution in [-0.4, -0.2) is 5.91 Å². The molecule has 162 valence electrons. The molecule has 0 bridgehead atoms. The summed E-state index contributed by atoms with van der Waals surface area (Å²) in [5.41, 5.74) is 4.24. The molecule has 0 spiro atoms. The Hall–Kier alpha value is -2.95. The lowest BCUT2D eigenvalue weighted by Crippen LogP contribution is -2.13. The van der Waals surface area contributed by atoms with Gasteiger partial charge in [-0.1, -0.05) is 18.2 Å². The van der Waals surface area contributed by atoms with Gasteiger partial charge in [0.25, 0.3) is 5.91 Å². The maximum atomic E-state index is 13.1. The van der Waals surface area contributed by atoms with Crippen molar-refractivity contribution in [1.29, 1.82) is 5.26 Å². The van der Waals surface area contributed by atoms with Gasteiger partial charge < -0.3 is 10.1 Å². The van der Waals surface area contributed by atoms with Gasteiger partial charge in [-0.3, -0.25) is 4.79 Å². The zero-order valence-electron chi connectivity index (χ0n) is 17.4. The van der Waals surface area contributed by atoms with E-state index in [9.17, 15) is 14.4 Å². The molecule has 0 fully saturated rings. The first-order valence-electron chi connectivity index (χ1n) is 9.63. The van der Waals surface area contributed by atoms with Crippen molar-refractivity contribution in [2.45, 2.75) is 20.5 Å². The van der Waals surface area contributed by atoms with Crippen LogP contribution >= 0.6 is 31.9 Å². The average Bonchev–Trinajstić information content (AvgIpc) is 2.75. The highest BCUT2D eigenvalue weighted by atomic mass is 79.9. The topological polar surface area (TPSA) is 62.1 Å². The Morgan fingerprint density at radius 2 is 1.72 bits per heavy atom. The third-order valence-electron chi connectivity index (χ3n) is 4.76. The molecular formula is C25H19Br2FN2O2. The number of amides is 1. The van der Waals surface area contributed by atoms with Crippen LogP contribution in [0.1, 0.15) is 22.3 Å². The Kier molecular flexibility index (Phi) is 7.84. The Labute approximate surface area is 203 Å². The van der Waals surface area contributed by atoms with Gasteiger partial charge in [-0.05, 0) is 110 Å². The maximum Gasteiger partial charge on any atom is 0.266 e. The number of carbonyl (C=O) groups is 1. The minimum absolute atomic E-state index is 0.0259. The molecule has 7 heteroatoms. The average molecular weight is 558 g/mol. The van der Waals surface area contributed by atoms with Crippen molar-refractivity contribution in [1.82, 2.24) is 0 Å². The predicted octanol–water partition coefficient (Wildman–Crippen LogP) is 7.09. The van der Waals surface area contributed by atoms with Gasteiger partial charge in [0, 0.05) is 5.69 Å². The lowest BCUT2D eigenvalue weighted by atomic mass is 10.1. The SMILES string of the molecule is Cc1ccc(NC(=O)/C(C#N)=C/c2cc(Br)c(OCc3ccc(F)cc3)c(Br)c2)cc1C. The molecule has 1 amide bonds. The van der Waals surface area contributed by atoms with Gasteiger partial charge in [-0.15, -0.1) is 0 Å². The largest absolute Gasteiger partial charge is 0.487 e. The lowest BCUT2D eigenvalue weighted by Gasteiger charge is -2.12. The van der Waals surface area contributed by atoms with Crippen molar-refractivity contribution in [2.75, 3.05) is 5.32 Å². The van der Waals surface area contributed by atoms with E-state index < -0.39 is 5.91 Å². The van der Waals surface area contributed by atoms with E-state index in [0.29, 0.717) is 25.9 Å². The van der Waals surface area contributed by atoms with Crippen molar-refractivity contribution in [2.24, 2.45) is 0 Å². The zero-order valence-corrected chi connectivity index (χ0v) is 20.6. The Bertz CT molecular complexity index is 1210. The van der Waals surface area contributed by atoms with Crippen LogP contribution in [0.5, 0.6) is 5.75 Å². The number of nitriles is 1. The quantitative estimate of drug-likeness (QED) is 0.260. The van der Waals surface area contributed by atoms with Gasteiger partial charge in [0.2, 0.25) is 0 Å². The summed E-state index contributed by atoms with van der Waals surface area (Å²) in [4.78, 5) is 12.6. The number of nitrogens with zero attached hydrogens (tertiary/aromatic N) is 1.